The van der Waals surface area contributed by atoms with E-state index in [1.165, 1.54) is 5.56 Å². The predicted molar refractivity (Wildman–Crippen MR) is 107 cm³/mol. The monoisotopic (exact) mass is 363 g/mol. The quantitative estimate of drug-likeness (QED) is 0.609. The van der Waals surface area contributed by atoms with Crippen LogP contribution in [0.2, 0.25) is 0 Å². The molecule has 0 bridgehead atoms. The summed E-state index contributed by atoms with van der Waals surface area (Å²) in [4.78, 5) is 14.5. The van der Waals surface area contributed by atoms with Crippen molar-refractivity contribution in [2.24, 2.45) is 0 Å². The average Bonchev–Trinajstić information content (AvgIpc) is 3.10. The Morgan fingerprint density at radius 2 is 1.96 bits per heavy atom. The van der Waals surface area contributed by atoms with Crippen LogP contribution >= 0.6 is 0 Å². The molecule has 4 rings (SSSR count). The fourth-order valence-corrected chi connectivity index (χ4v) is 4.03. The molecule has 0 aliphatic carbocycles. The number of benzene rings is 2. The number of likely N-dealkylation sites (tertiary alicyclic amines) is 1. The third-order valence-corrected chi connectivity index (χ3v) is 5.30. The summed E-state index contributed by atoms with van der Waals surface area (Å²) < 4.78 is 11.0. The molecule has 0 amide bonds. The Bertz CT molecular complexity index is 991. The lowest BCUT2D eigenvalue weighted by Crippen LogP contribution is -2.23. The van der Waals surface area contributed by atoms with Gasteiger partial charge in [0.1, 0.15) is 11.3 Å². The number of aryl methyl sites for hydroxylation is 1. The zero-order chi connectivity index (χ0) is 18.8. The number of ether oxygens (including phenoxy) is 1. The smallest absolute Gasteiger partial charge is 0.336 e. The molecule has 0 N–H and O–H groups in total. The summed E-state index contributed by atoms with van der Waals surface area (Å²) in [6.45, 7) is 6.47. The fraction of sp³-hybridized carbons (Fsp3) is 0.348. The highest BCUT2D eigenvalue weighted by atomic mass is 16.5. The lowest BCUT2D eigenvalue weighted by Gasteiger charge is -2.25. The molecule has 1 aliphatic heterocycles. The van der Waals surface area contributed by atoms with Gasteiger partial charge in [-0.2, -0.15) is 0 Å². The Labute approximate surface area is 159 Å². The molecule has 4 nitrogen and oxygen atoms in total. The van der Waals surface area contributed by atoms with Crippen molar-refractivity contribution >= 4 is 11.0 Å². The van der Waals surface area contributed by atoms with Crippen molar-refractivity contribution < 1.29 is 9.15 Å². The van der Waals surface area contributed by atoms with Gasteiger partial charge in [0.05, 0.1) is 6.61 Å². The summed E-state index contributed by atoms with van der Waals surface area (Å²) in [5, 5.41) is 1.03. The van der Waals surface area contributed by atoms with Crippen molar-refractivity contribution in [1.29, 1.82) is 0 Å². The molecular formula is C23H25NO3. The van der Waals surface area contributed by atoms with Crippen LogP contribution < -0.4 is 10.4 Å². The van der Waals surface area contributed by atoms with Crippen LogP contribution in [0.5, 0.6) is 5.75 Å². The summed E-state index contributed by atoms with van der Waals surface area (Å²) in [7, 11) is 0. The standard InChI is InChI=1S/C23H25NO3/c1-3-26-19-9-7-17(8-10-19)21-5-4-12-24(21)15-18-14-23(25)27-22-13-16(2)6-11-20(18)22/h6-11,13-14,21H,3-5,12,15H2,1-2H3. The molecule has 27 heavy (non-hydrogen) atoms. The third kappa shape index (κ3) is 3.76. The van der Waals surface area contributed by atoms with Crippen molar-refractivity contribution in [2.45, 2.75) is 39.3 Å². The summed E-state index contributed by atoms with van der Waals surface area (Å²) in [6, 6.07) is 16.5. The first-order valence-electron chi connectivity index (χ1n) is 9.64. The van der Waals surface area contributed by atoms with Crippen LogP contribution in [0.25, 0.3) is 11.0 Å². The third-order valence-electron chi connectivity index (χ3n) is 5.30. The normalized spacial score (nSPS) is 17.5. The molecule has 3 aromatic rings. The van der Waals surface area contributed by atoms with Crippen molar-refractivity contribution in [3.63, 3.8) is 0 Å². The van der Waals surface area contributed by atoms with Crippen LogP contribution in [-0.4, -0.2) is 18.1 Å². The molecule has 1 aromatic heterocycles. The van der Waals surface area contributed by atoms with E-state index in [2.05, 4.69) is 29.2 Å². The molecule has 140 valence electrons. The Morgan fingerprint density at radius 1 is 1.15 bits per heavy atom. The maximum absolute atomic E-state index is 12.0. The van der Waals surface area contributed by atoms with E-state index in [1.807, 2.05) is 32.0 Å². The molecule has 0 saturated carbocycles. The number of fused-ring (bicyclic) bond motifs is 1. The zero-order valence-electron chi connectivity index (χ0n) is 15.9. The van der Waals surface area contributed by atoms with E-state index >= 15 is 0 Å². The number of nitrogens with zero attached hydrogens (tertiary/aromatic N) is 1. The summed E-state index contributed by atoms with van der Waals surface area (Å²) >= 11 is 0. The minimum absolute atomic E-state index is 0.278. The van der Waals surface area contributed by atoms with Gasteiger partial charge in [-0.25, -0.2) is 4.79 Å². The second-order valence-electron chi connectivity index (χ2n) is 7.22. The topological polar surface area (TPSA) is 42.7 Å². The molecule has 2 aromatic carbocycles. The van der Waals surface area contributed by atoms with E-state index in [4.69, 9.17) is 9.15 Å². The summed E-state index contributed by atoms with van der Waals surface area (Å²) in [5.74, 6) is 0.910. The summed E-state index contributed by atoms with van der Waals surface area (Å²) in [6.07, 6.45) is 2.29. The minimum atomic E-state index is -0.278. The fourth-order valence-electron chi connectivity index (χ4n) is 4.03. The molecular weight excluding hydrogens is 338 g/mol. The van der Waals surface area contributed by atoms with E-state index < -0.39 is 0 Å². The molecule has 0 spiro atoms. The highest BCUT2D eigenvalue weighted by Crippen LogP contribution is 2.34. The Kier molecular flexibility index (Phi) is 4.99. The van der Waals surface area contributed by atoms with Gasteiger partial charge in [-0.1, -0.05) is 24.3 Å². The lowest BCUT2D eigenvalue weighted by molar-refractivity contribution is 0.248. The van der Waals surface area contributed by atoms with E-state index in [-0.39, 0.29) is 5.63 Å². The molecule has 1 unspecified atom stereocenters. The maximum atomic E-state index is 12.0. The van der Waals surface area contributed by atoms with Crippen molar-refractivity contribution in [2.75, 3.05) is 13.2 Å². The van der Waals surface area contributed by atoms with Crippen LogP contribution in [0.3, 0.4) is 0 Å². The number of hydrogen-bond acceptors (Lipinski definition) is 4. The van der Waals surface area contributed by atoms with Crippen LogP contribution in [0.15, 0.2) is 57.7 Å². The number of hydrogen-bond donors (Lipinski definition) is 0. The highest BCUT2D eigenvalue weighted by molar-refractivity contribution is 5.80. The van der Waals surface area contributed by atoms with Gasteiger partial charge < -0.3 is 9.15 Å². The second kappa shape index (κ2) is 7.57. The molecule has 2 heterocycles. The van der Waals surface area contributed by atoms with Crippen molar-refractivity contribution in [3.05, 3.63) is 75.6 Å². The first-order chi connectivity index (χ1) is 13.1. The Hall–Kier alpha value is -2.59. The van der Waals surface area contributed by atoms with Crippen LogP contribution in [0.4, 0.5) is 0 Å². The van der Waals surface area contributed by atoms with Gasteiger partial charge in [0.15, 0.2) is 0 Å². The summed E-state index contributed by atoms with van der Waals surface area (Å²) in [5.41, 5.74) is 3.84. The van der Waals surface area contributed by atoms with Crippen molar-refractivity contribution in [3.8, 4) is 5.75 Å². The predicted octanol–water partition coefficient (Wildman–Crippen LogP) is 4.84. The molecule has 0 radical (unpaired) electrons. The van der Waals surface area contributed by atoms with Gasteiger partial charge in [-0.05, 0) is 68.1 Å². The van der Waals surface area contributed by atoms with Gasteiger partial charge in [-0.3, -0.25) is 4.90 Å². The van der Waals surface area contributed by atoms with Crippen LogP contribution in [0, 0.1) is 6.92 Å². The molecule has 1 aliphatic rings. The first-order valence-corrected chi connectivity index (χ1v) is 9.64. The van der Waals surface area contributed by atoms with Gasteiger partial charge in [0, 0.05) is 24.0 Å². The lowest BCUT2D eigenvalue weighted by atomic mass is 10.0. The average molecular weight is 363 g/mol. The van der Waals surface area contributed by atoms with E-state index in [0.29, 0.717) is 18.2 Å². The van der Waals surface area contributed by atoms with Gasteiger partial charge in [0.2, 0.25) is 0 Å². The largest absolute Gasteiger partial charge is 0.494 e. The van der Waals surface area contributed by atoms with Gasteiger partial charge >= 0.3 is 5.63 Å². The van der Waals surface area contributed by atoms with Crippen LogP contribution in [0.1, 0.15) is 42.5 Å². The van der Waals surface area contributed by atoms with Crippen LogP contribution in [-0.2, 0) is 6.54 Å². The van der Waals surface area contributed by atoms with E-state index in [0.717, 1.165) is 48.2 Å². The van der Waals surface area contributed by atoms with Crippen molar-refractivity contribution in [1.82, 2.24) is 4.90 Å². The zero-order valence-corrected chi connectivity index (χ0v) is 15.9. The number of rotatable bonds is 5. The van der Waals surface area contributed by atoms with Gasteiger partial charge in [0.25, 0.3) is 0 Å². The van der Waals surface area contributed by atoms with Gasteiger partial charge in [-0.15, -0.1) is 0 Å². The highest BCUT2D eigenvalue weighted by Gasteiger charge is 2.26. The minimum Gasteiger partial charge on any atom is -0.494 e. The van der Waals surface area contributed by atoms with E-state index in [9.17, 15) is 4.79 Å². The Morgan fingerprint density at radius 3 is 2.74 bits per heavy atom. The SMILES string of the molecule is CCOc1ccc(C2CCCN2Cc2cc(=O)oc3cc(C)ccc23)cc1. The first kappa shape index (κ1) is 17.8. The molecule has 1 saturated heterocycles. The molecule has 1 fully saturated rings. The molecule has 1 atom stereocenters. The van der Waals surface area contributed by atoms with E-state index in [1.54, 1.807) is 6.07 Å². The maximum Gasteiger partial charge on any atom is 0.336 e. The second-order valence-corrected chi connectivity index (χ2v) is 7.22. The Balaban J connectivity index is 1.62. The molecule has 4 heteroatoms.